The van der Waals surface area contributed by atoms with Gasteiger partial charge in [-0.25, -0.2) is 0 Å². The van der Waals surface area contributed by atoms with Gasteiger partial charge in [-0.15, -0.1) is 0 Å². The Morgan fingerprint density at radius 1 is 0.327 bits per heavy atom. The molecule has 0 aliphatic carbocycles. The molecule has 0 amide bonds. The highest BCUT2D eigenvalue weighted by Gasteiger charge is 2.15. The van der Waals surface area contributed by atoms with E-state index >= 15 is 0 Å². The van der Waals surface area contributed by atoms with Gasteiger partial charge in [0.25, 0.3) is 0 Å². The molecule has 5 nitrogen and oxygen atoms in total. The fourth-order valence-corrected chi connectivity index (χ4v) is 7.85. The number of rotatable bonds is 46. The average Bonchev–Trinajstić information content (AvgIpc) is 3.18. The third-order valence-electron chi connectivity index (χ3n) is 11.6. The number of ether oxygens (including phenoxy) is 2. The fraction of sp³-hybridized carbons (Fsp3) is 0.960. The second-order valence-electron chi connectivity index (χ2n) is 17.2. The van der Waals surface area contributed by atoms with E-state index in [9.17, 15) is 9.59 Å². The van der Waals surface area contributed by atoms with Crippen LogP contribution < -0.4 is 5.32 Å². The zero-order chi connectivity index (χ0) is 40.1. The van der Waals surface area contributed by atoms with Crippen molar-refractivity contribution in [3.05, 3.63) is 0 Å². The van der Waals surface area contributed by atoms with Gasteiger partial charge < -0.3 is 14.8 Å². The van der Waals surface area contributed by atoms with Gasteiger partial charge in [0.1, 0.15) is 12.2 Å². The Labute approximate surface area is 345 Å². The lowest BCUT2D eigenvalue weighted by atomic mass is 10.0. The topological polar surface area (TPSA) is 64.6 Å². The first kappa shape index (κ1) is 53.9. The van der Waals surface area contributed by atoms with Crippen LogP contribution in [0.2, 0.25) is 0 Å². The minimum Gasteiger partial charge on any atom is -0.462 e. The summed E-state index contributed by atoms with van der Waals surface area (Å²) in [6.07, 6.45) is 48.2. The van der Waals surface area contributed by atoms with Crippen LogP contribution in [0.3, 0.4) is 0 Å². The first-order valence-corrected chi connectivity index (χ1v) is 25.2. The Kier molecular flexibility index (Phi) is 44.7. The molecule has 0 unspecified atom stereocenters. The van der Waals surface area contributed by atoms with E-state index in [-0.39, 0.29) is 24.1 Å². The summed E-state index contributed by atoms with van der Waals surface area (Å²) in [6, 6.07) is 0. The molecule has 0 aromatic rings. The third-order valence-corrected chi connectivity index (χ3v) is 11.6. The highest BCUT2D eigenvalue weighted by molar-refractivity contribution is 5.69. The highest BCUT2D eigenvalue weighted by atomic mass is 16.5. The van der Waals surface area contributed by atoms with Crippen LogP contribution in [0.1, 0.15) is 285 Å². The Bertz CT molecular complexity index is 679. The maximum atomic E-state index is 12.7. The standard InChI is InChI=1S/C50H99NO4/c1-5-9-13-17-23-31-39-47(40-32-24-18-14-10-6-2)54-49(52)43-35-27-21-29-37-45-51-46-38-30-22-28-36-44-50(53)55-48(41-33-25-19-15-11-7-3)42-34-26-20-16-12-8-4/h47-48,51H,5-46H2,1-4H3. The maximum Gasteiger partial charge on any atom is 0.306 e. The summed E-state index contributed by atoms with van der Waals surface area (Å²) in [6.45, 7) is 11.3. The Balaban J connectivity index is 3.91. The average molecular weight is 778 g/mol. The van der Waals surface area contributed by atoms with Gasteiger partial charge in [-0.3, -0.25) is 9.59 Å². The maximum absolute atomic E-state index is 12.7. The smallest absolute Gasteiger partial charge is 0.306 e. The van der Waals surface area contributed by atoms with Crippen LogP contribution in [-0.2, 0) is 19.1 Å². The van der Waals surface area contributed by atoms with E-state index in [1.165, 1.54) is 193 Å². The zero-order valence-corrected chi connectivity index (χ0v) is 38.0. The molecule has 0 radical (unpaired) electrons. The minimum atomic E-state index is 0.0369. The van der Waals surface area contributed by atoms with Crippen molar-refractivity contribution in [3.8, 4) is 0 Å². The number of nitrogens with one attached hydrogen (secondary N) is 1. The van der Waals surface area contributed by atoms with Crippen LogP contribution in [0.15, 0.2) is 0 Å². The van der Waals surface area contributed by atoms with Crippen molar-refractivity contribution in [1.82, 2.24) is 5.32 Å². The Morgan fingerprint density at radius 3 is 0.855 bits per heavy atom. The molecule has 1 N–H and O–H groups in total. The largest absolute Gasteiger partial charge is 0.462 e. The van der Waals surface area contributed by atoms with Crippen molar-refractivity contribution in [2.75, 3.05) is 13.1 Å². The van der Waals surface area contributed by atoms with Crippen LogP contribution in [0.5, 0.6) is 0 Å². The molecule has 0 fully saturated rings. The lowest BCUT2D eigenvalue weighted by Crippen LogP contribution is -2.18. The molecule has 55 heavy (non-hydrogen) atoms. The molecule has 0 aromatic heterocycles. The summed E-state index contributed by atoms with van der Waals surface area (Å²) in [7, 11) is 0. The van der Waals surface area contributed by atoms with E-state index in [4.69, 9.17) is 9.47 Å². The van der Waals surface area contributed by atoms with Crippen molar-refractivity contribution < 1.29 is 19.1 Å². The van der Waals surface area contributed by atoms with Crippen LogP contribution >= 0.6 is 0 Å². The summed E-state index contributed by atoms with van der Waals surface area (Å²) >= 11 is 0. The van der Waals surface area contributed by atoms with Crippen LogP contribution in [0.4, 0.5) is 0 Å². The van der Waals surface area contributed by atoms with E-state index in [0.717, 1.165) is 64.5 Å². The van der Waals surface area contributed by atoms with Crippen molar-refractivity contribution in [2.45, 2.75) is 297 Å². The first-order chi connectivity index (χ1) is 27.1. The van der Waals surface area contributed by atoms with Gasteiger partial charge in [0, 0.05) is 12.8 Å². The third kappa shape index (κ3) is 42.3. The van der Waals surface area contributed by atoms with Crippen molar-refractivity contribution in [1.29, 1.82) is 0 Å². The number of hydrogen-bond acceptors (Lipinski definition) is 5. The predicted molar refractivity (Wildman–Crippen MR) is 240 cm³/mol. The van der Waals surface area contributed by atoms with Gasteiger partial charge >= 0.3 is 11.9 Å². The van der Waals surface area contributed by atoms with Crippen LogP contribution in [0, 0.1) is 0 Å². The molecule has 0 aromatic carbocycles. The van der Waals surface area contributed by atoms with E-state index < -0.39 is 0 Å². The molecule has 328 valence electrons. The van der Waals surface area contributed by atoms with E-state index in [0.29, 0.717) is 12.8 Å². The van der Waals surface area contributed by atoms with E-state index in [1.54, 1.807) is 0 Å². The lowest BCUT2D eigenvalue weighted by molar-refractivity contribution is -0.151. The van der Waals surface area contributed by atoms with Gasteiger partial charge in [0.05, 0.1) is 0 Å². The van der Waals surface area contributed by atoms with Crippen LogP contribution in [-0.4, -0.2) is 37.2 Å². The fourth-order valence-electron chi connectivity index (χ4n) is 7.85. The molecule has 0 saturated carbocycles. The first-order valence-electron chi connectivity index (χ1n) is 25.2. The number of unbranched alkanes of at least 4 members (excludes halogenated alkanes) is 28. The molecular weight excluding hydrogens is 679 g/mol. The summed E-state index contributed by atoms with van der Waals surface area (Å²) in [5.41, 5.74) is 0. The molecule has 0 aliphatic rings. The van der Waals surface area contributed by atoms with E-state index in [1.807, 2.05) is 0 Å². The molecule has 0 aliphatic heterocycles. The van der Waals surface area contributed by atoms with E-state index in [2.05, 4.69) is 33.0 Å². The van der Waals surface area contributed by atoms with Gasteiger partial charge in [0.2, 0.25) is 0 Å². The molecule has 0 saturated heterocycles. The normalized spacial score (nSPS) is 11.6. The SMILES string of the molecule is CCCCCCCCC(CCCCCCCC)OC(=O)CCCCCCCNCCCCCCCC(=O)OC(CCCCCCCC)CCCCCCCC. The number of carbonyl (C=O) groups is 2. The van der Waals surface area contributed by atoms with Gasteiger partial charge in [-0.2, -0.15) is 0 Å². The minimum absolute atomic E-state index is 0.0369. The molecule has 0 atom stereocenters. The quantitative estimate of drug-likeness (QED) is 0.0492. The van der Waals surface area contributed by atoms with Crippen molar-refractivity contribution in [3.63, 3.8) is 0 Å². The summed E-state index contributed by atoms with van der Waals surface area (Å²) in [4.78, 5) is 25.3. The zero-order valence-electron chi connectivity index (χ0n) is 38.0. The number of carbonyl (C=O) groups excluding carboxylic acids is 2. The summed E-state index contributed by atoms with van der Waals surface area (Å²) < 4.78 is 12.0. The monoisotopic (exact) mass is 778 g/mol. The molecule has 0 spiro atoms. The van der Waals surface area contributed by atoms with Gasteiger partial charge in [-0.1, -0.05) is 195 Å². The summed E-state index contributed by atoms with van der Waals surface area (Å²) in [5.74, 6) is 0.0737. The van der Waals surface area contributed by atoms with Gasteiger partial charge in [-0.05, 0) is 90.1 Å². The molecular formula is C50H99NO4. The second-order valence-corrected chi connectivity index (χ2v) is 17.2. The molecule has 5 heteroatoms. The molecule has 0 rings (SSSR count). The number of esters is 2. The van der Waals surface area contributed by atoms with Crippen molar-refractivity contribution >= 4 is 11.9 Å². The Morgan fingerprint density at radius 2 is 0.564 bits per heavy atom. The highest BCUT2D eigenvalue weighted by Crippen LogP contribution is 2.20. The number of hydrogen-bond donors (Lipinski definition) is 1. The predicted octanol–water partition coefficient (Wildman–Crippen LogP) is 16.1. The Hall–Kier alpha value is -1.10. The van der Waals surface area contributed by atoms with Gasteiger partial charge in [0.15, 0.2) is 0 Å². The summed E-state index contributed by atoms with van der Waals surface area (Å²) in [5, 5.41) is 3.62. The second kappa shape index (κ2) is 45.6. The van der Waals surface area contributed by atoms with Crippen LogP contribution in [0.25, 0.3) is 0 Å². The van der Waals surface area contributed by atoms with Crippen molar-refractivity contribution in [2.24, 2.45) is 0 Å². The molecule has 0 bridgehead atoms. The lowest BCUT2D eigenvalue weighted by Gasteiger charge is -2.18. The molecule has 0 heterocycles.